The van der Waals surface area contributed by atoms with Crippen molar-refractivity contribution >= 4 is 51.1 Å². The predicted octanol–water partition coefficient (Wildman–Crippen LogP) is 4.51. The van der Waals surface area contributed by atoms with E-state index in [2.05, 4.69) is 26.2 Å². The Kier molecular flexibility index (Phi) is 4.72. The maximum atomic E-state index is 13.3. The van der Waals surface area contributed by atoms with E-state index in [-0.39, 0.29) is 18.1 Å². The summed E-state index contributed by atoms with van der Waals surface area (Å²) in [6.45, 7) is 3.63. The molecule has 0 aliphatic heterocycles. The van der Waals surface area contributed by atoms with Crippen molar-refractivity contribution in [2.75, 3.05) is 5.32 Å². The molecule has 1 aromatic heterocycles. The zero-order valence-corrected chi connectivity index (χ0v) is 14.1. The van der Waals surface area contributed by atoms with E-state index in [0.29, 0.717) is 19.7 Å². The zero-order chi connectivity index (χ0) is 14.9. The molecule has 2 aromatic rings. The number of aryl methyl sites for hydroxylation is 2. The summed E-state index contributed by atoms with van der Waals surface area (Å²) in [7, 11) is 0. The largest absolute Gasteiger partial charge is 0.341 e. The van der Waals surface area contributed by atoms with Gasteiger partial charge in [-0.1, -0.05) is 0 Å². The van der Waals surface area contributed by atoms with Gasteiger partial charge in [-0.15, -0.1) is 11.3 Å². The highest BCUT2D eigenvalue weighted by molar-refractivity contribution is 9.10. The summed E-state index contributed by atoms with van der Waals surface area (Å²) in [5, 5.41) is 2.79. The van der Waals surface area contributed by atoms with Crippen LogP contribution in [0.4, 0.5) is 10.1 Å². The van der Waals surface area contributed by atoms with Crippen molar-refractivity contribution in [1.29, 1.82) is 0 Å². The van der Waals surface area contributed by atoms with Crippen LogP contribution in [-0.2, 0) is 11.2 Å². The minimum absolute atomic E-state index is 0.153. The van der Waals surface area contributed by atoms with Crippen LogP contribution < -0.4 is 5.32 Å². The number of benzene rings is 1. The number of nitrogens with one attached hydrogen (secondary N) is 2. The average molecular weight is 375 g/mol. The fourth-order valence-electron chi connectivity index (χ4n) is 1.73. The van der Waals surface area contributed by atoms with E-state index < -0.39 is 0 Å². The van der Waals surface area contributed by atoms with Gasteiger partial charge in [-0.2, -0.15) is 0 Å². The van der Waals surface area contributed by atoms with Gasteiger partial charge in [0.15, 0.2) is 3.95 Å². The SMILES string of the molecule is Cc1cc(F)c(Br)cc1NC(=O)Cc1sc(=S)[nH]c1C. The molecule has 0 bridgehead atoms. The Morgan fingerprint density at radius 3 is 2.80 bits per heavy atom. The highest BCUT2D eigenvalue weighted by Crippen LogP contribution is 2.24. The Bertz CT molecular complexity index is 724. The molecular formula is C13H12BrFN2OS2. The number of aromatic nitrogens is 1. The van der Waals surface area contributed by atoms with Crippen LogP contribution in [0.3, 0.4) is 0 Å². The first-order valence-corrected chi connectivity index (χ1v) is 7.82. The molecule has 0 fully saturated rings. The highest BCUT2D eigenvalue weighted by Gasteiger charge is 2.11. The van der Waals surface area contributed by atoms with E-state index in [0.717, 1.165) is 10.6 Å². The molecule has 106 valence electrons. The number of hydrogen-bond donors (Lipinski definition) is 2. The molecule has 0 aliphatic rings. The van der Waals surface area contributed by atoms with Crippen LogP contribution in [0.15, 0.2) is 16.6 Å². The van der Waals surface area contributed by atoms with E-state index in [1.807, 2.05) is 6.92 Å². The minimum atomic E-state index is -0.347. The van der Waals surface area contributed by atoms with Crippen molar-refractivity contribution in [3.8, 4) is 0 Å². The summed E-state index contributed by atoms with van der Waals surface area (Å²) in [4.78, 5) is 15.9. The smallest absolute Gasteiger partial charge is 0.229 e. The molecular weight excluding hydrogens is 363 g/mol. The summed E-state index contributed by atoms with van der Waals surface area (Å²) in [6.07, 6.45) is 0.248. The van der Waals surface area contributed by atoms with E-state index >= 15 is 0 Å². The summed E-state index contributed by atoms with van der Waals surface area (Å²) in [5.41, 5.74) is 2.18. The highest BCUT2D eigenvalue weighted by atomic mass is 79.9. The normalized spacial score (nSPS) is 10.6. The molecule has 0 aliphatic carbocycles. The van der Waals surface area contributed by atoms with Crippen molar-refractivity contribution in [2.24, 2.45) is 0 Å². The quantitative estimate of drug-likeness (QED) is 0.776. The standard InChI is InChI=1S/C13H12BrFN2OS2/c1-6-3-9(15)8(14)4-10(6)17-12(18)5-11-7(2)16-13(19)20-11/h3-4H,5H2,1-2H3,(H,16,19)(H,17,18). The Balaban J connectivity index is 2.14. The van der Waals surface area contributed by atoms with Gasteiger partial charge in [0.1, 0.15) is 5.82 Å². The maximum Gasteiger partial charge on any atom is 0.229 e. The van der Waals surface area contributed by atoms with Crippen molar-refractivity contribution in [2.45, 2.75) is 20.3 Å². The summed E-state index contributed by atoms with van der Waals surface area (Å²) in [6, 6.07) is 2.94. The van der Waals surface area contributed by atoms with Crippen LogP contribution in [0.25, 0.3) is 0 Å². The Hall–Kier alpha value is -1.05. The second kappa shape index (κ2) is 6.15. The van der Waals surface area contributed by atoms with Crippen LogP contribution in [-0.4, -0.2) is 10.9 Å². The molecule has 0 radical (unpaired) electrons. The minimum Gasteiger partial charge on any atom is -0.341 e. The lowest BCUT2D eigenvalue weighted by Crippen LogP contribution is -2.15. The van der Waals surface area contributed by atoms with Crippen molar-refractivity contribution in [3.63, 3.8) is 0 Å². The van der Waals surface area contributed by atoms with Crippen LogP contribution in [0.2, 0.25) is 0 Å². The molecule has 7 heteroatoms. The van der Waals surface area contributed by atoms with Crippen molar-refractivity contribution < 1.29 is 9.18 Å². The maximum absolute atomic E-state index is 13.3. The number of halogens is 2. The predicted molar refractivity (Wildman–Crippen MR) is 85.4 cm³/mol. The van der Waals surface area contributed by atoms with Crippen molar-refractivity contribution in [1.82, 2.24) is 4.98 Å². The van der Waals surface area contributed by atoms with Crippen molar-refractivity contribution in [3.05, 3.63) is 42.5 Å². The number of carbonyl (C=O) groups excluding carboxylic acids is 1. The average Bonchev–Trinajstić information content (AvgIpc) is 2.64. The molecule has 1 aromatic carbocycles. The van der Waals surface area contributed by atoms with E-state index in [1.54, 1.807) is 13.0 Å². The fraction of sp³-hybridized carbons (Fsp3) is 0.231. The van der Waals surface area contributed by atoms with Gasteiger partial charge >= 0.3 is 0 Å². The van der Waals surface area contributed by atoms with Crippen LogP contribution >= 0.6 is 39.5 Å². The summed E-state index contributed by atoms with van der Waals surface area (Å²) < 4.78 is 14.3. The van der Waals surface area contributed by atoms with Gasteiger partial charge in [0.2, 0.25) is 5.91 Å². The molecule has 2 rings (SSSR count). The third-order valence-electron chi connectivity index (χ3n) is 2.79. The molecule has 0 saturated carbocycles. The number of aromatic amines is 1. The molecule has 20 heavy (non-hydrogen) atoms. The third kappa shape index (κ3) is 3.53. The first-order chi connectivity index (χ1) is 9.36. The molecule has 0 unspecified atom stereocenters. The first-order valence-electron chi connectivity index (χ1n) is 5.81. The van der Waals surface area contributed by atoms with E-state index in [4.69, 9.17) is 12.2 Å². The van der Waals surface area contributed by atoms with Crippen LogP contribution in [0, 0.1) is 23.6 Å². The van der Waals surface area contributed by atoms with Crippen LogP contribution in [0.5, 0.6) is 0 Å². The fourth-order valence-corrected chi connectivity index (χ4v) is 3.36. The lowest BCUT2D eigenvalue weighted by atomic mass is 10.2. The number of H-pyrrole nitrogens is 1. The molecule has 0 spiro atoms. The Labute approximate surface area is 133 Å². The third-order valence-corrected chi connectivity index (χ3v) is 4.73. The topological polar surface area (TPSA) is 44.9 Å². The summed E-state index contributed by atoms with van der Waals surface area (Å²) in [5.74, 6) is -0.500. The van der Waals surface area contributed by atoms with Gasteiger partial charge in [0, 0.05) is 16.3 Å². The van der Waals surface area contributed by atoms with Gasteiger partial charge in [-0.3, -0.25) is 4.79 Å². The van der Waals surface area contributed by atoms with Gasteiger partial charge in [-0.25, -0.2) is 4.39 Å². The second-order valence-corrected chi connectivity index (χ2v) is 7.00. The molecule has 2 N–H and O–H groups in total. The lowest BCUT2D eigenvalue weighted by molar-refractivity contribution is -0.115. The van der Waals surface area contributed by atoms with E-state index in [1.165, 1.54) is 17.4 Å². The number of amides is 1. The molecule has 0 atom stereocenters. The monoisotopic (exact) mass is 374 g/mol. The first kappa shape index (κ1) is 15.3. The van der Waals surface area contributed by atoms with Crippen LogP contribution in [0.1, 0.15) is 16.1 Å². The zero-order valence-electron chi connectivity index (χ0n) is 10.8. The lowest BCUT2D eigenvalue weighted by Gasteiger charge is -2.09. The number of anilines is 1. The second-order valence-electron chi connectivity index (χ2n) is 4.37. The van der Waals surface area contributed by atoms with Gasteiger partial charge in [0.05, 0.1) is 10.9 Å². The number of hydrogen-bond acceptors (Lipinski definition) is 3. The van der Waals surface area contributed by atoms with Gasteiger partial charge in [-0.05, 0) is 59.7 Å². The number of carbonyl (C=O) groups is 1. The van der Waals surface area contributed by atoms with Gasteiger partial charge in [0.25, 0.3) is 0 Å². The summed E-state index contributed by atoms with van der Waals surface area (Å²) >= 11 is 9.54. The van der Waals surface area contributed by atoms with Gasteiger partial charge < -0.3 is 10.3 Å². The molecule has 0 saturated heterocycles. The molecule has 1 amide bonds. The van der Waals surface area contributed by atoms with E-state index in [9.17, 15) is 9.18 Å². The molecule has 1 heterocycles. The number of thiazole rings is 1. The molecule has 3 nitrogen and oxygen atoms in total. The number of rotatable bonds is 3. The Morgan fingerprint density at radius 2 is 2.20 bits per heavy atom. The Morgan fingerprint density at radius 1 is 1.50 bits per heavy atom.